The Labute approximate surface area is 116 Å². The van der Waals surface area contributed by atoms with Crippen LogP contribution in [0.4, 0.5) is 5.69 Å². The zero-order valence-electron chi connectivity index (χ0n) is 11.3. The van der Waals surface area contributed by atoms with Gasteiger partial charge in [-0.1, -0.05) is 39.0 Å². The molecular weight excluding hydrogens is 248 g/mol. The Morgan fingerprint density at radius 3 is 2.44 bits per heavy atom. The van der Waals surface area contributed by atoms with Gasteiger partial charge in [0.1, 0.15) is 0 Å². The van der Waals surface area contributed by atoms with E-state index in [1.165, 1.54) is 0 Å². The Balaban J connectivity index is 0.00000289. The van der Waals surface area contributed by atoms with E-state index >= 15 is 0 Å². The Bertz CT molecular complexity index is 386. The van der Waals surface area contributed by atoms with Gasteiger partial charge in [-0.2, -0.15) is 0 Å². The van der Waals surface area contributed by atoms with Gasteiger partial charge in [-0.05, 0) is 23.5 Å². The molecule has 4 heteroatoms. The monoisotopic (exact) mass is 270 g/mol. The summed E-state index contributed by atoms with van der Waals surface area (Å²) in [5.41, 5.74) is 7.75. The number of nitrogens with one attached hydrogen (secondary N) is 1. The molecule has 0 saturated heterocycles. The number of rotatable bonds is 4. The van der Waals surface area contributed by atoms with Crippen LogP contribution in [0.25, 0.3) is 0 Å². The Kier molecular flexibility index (Phi) is 6.77. The van der Waals surface area contributed by atoms with Crippen LogP contribution in [0.3, 0.4) is 0 Å². The number of benzene rings is 1. The molecule has 3 N–H and O–H groups in total. The van der Waals surface area contributed by atoms with Crippen LogP contribution in [0, 0.1) is 5.41 Å². The predicted molar refractivity (Wildman–Crippen MR) is 78.9 cm³/mol. The van der Waals surface area contributed by atoms with Crippen LogP contribution < -0.4 is 11.1 Å². The van der Waals surface area contributed by atoms with Crippen molar-refractivity contribution in [2.75, 3.05) is 12.3 Å². The van der Waals surface area contributed by atoms with E-state index in [0.717, 1.165) is 11.3 Å². The molecule has 18 heavy (non-hydrogen) atoms. The molecule has 0 spiro atoms. The molecule has 1 rings (SSSR count). The summed E-state index contributed by atoms with van der Waals surface area (Å²) in [6.07, 6.45) is 1.19. The predicted octanol–water partition coefficient (Wildman–Crippen LogP) is 2.79. The van der Waals surface area contributed by atoms with Crippen LogP contribution in [-0.4, -0.2) is 12.5 Å². The Morgan fingerprint density at radius 2 is 1.89 bits per heavy atom. The highest BCUT2D eigenvalue weighted by Gasteiger charge is 2.11. The molecule has 1 aromatic rings. The fourth-order valence-corrected chi connectivity index (χ4v) is 1.46. The molecule has 0 unspecified atom stereocenters. The minimum absolute atomic E-state index is 0. The molecular formula is C14H23ClN2O. The lowest BCUT2D eigenvalue weighted by Crippen LogP contribution is -2.32. The molecule has 0 aromatic heterocycles. The molecule has 0 atom stereocenters. The van der Waals surface area contributed by atoms with Crippen LogP contribution in [0.1, 0.15) is 32.8 Å². The van der Waals surface area contributed by atoms with Crippen LogP contribution >= 0.6 is 12.4 Å². The Morgan fingerprint density at radius 1 is 1.28 bits per heavy atom. The smallest absolute Gasteiger partial charge is 0.220 e. The number of nitrogens with two attached hydrogens (primary N) is 1. The van der Waals surface area contributed by atoms with Crippen LogP contribution in [-0.2, 0) is 11.2 Å². The average molecular weight is 271 g/mol. The second kappa shape index (κ2) is 7.27. The van der Waals surface area contributed by atoms with E-state index in [1.54, 1.807) is 0 Å². The van der Waals surface area contributed by atoms with Crippen molar-refractivity contribution in [2.45, 2.75) is 33.6 Å². The highest BCUT2D eigenvalue weighted by atomic mass is 35.5. The van der Waals surface area contributed by atoms with Crippen molar-refractivity contribution in [1.29, 1.82) is 0 Å². The lowest BCUT2D eigenvalue weighted by Gasteiger charge is -2.18. The molecule has 1 amide bonds. The van der Waals surface area contributed by atoms with E-state index in [0.29, 0.717) is 19.4 Å². The number of amides is 1. The molecule has 0 saturated carbocycles. The van der Waals surface area contributed by atoms with E-state index in [-0.39, 0.29) is 23.7 Å². The zero-order chi connectivity index (χ0) is 12.9. The topological polar surface area (TPSA) is 55.1 Å². The first-order chi connectivity index (χ1) is 7.88. The van der Waals surface area contributed by atoms with Gasteiger partial charge in [0.25, 0.3) is 0 Å². The summed E-state index contributed by atoms with van der Waals surface area (Å²) in [4.78, 5) is 11.6. The van der Waals surface area contributed by atoms with Crippen LogP contribution in [0.15, 0.2) is 24.3 Å². The van der Waals surface area contributed by atoms with Crippen molar-refractivity contribution >= 4 is 24.0 Å². The summed E-state index contributed by atoms with van der Waals surface area (Å²) < 4.78 is 0. The van der Waals surface area contributed by atoms with Crippen molar-refractivity contribution in [3.63, 3.8) is 0 Å². The molecule has 0 aliphatic carbocycles. The minimum Gasteiger partial charge on any atom is -0.399 e. The van der Waals surface area contributed by atoms with Crippen molar-refractivity contribution in [3.05, 3.63) is 29.8 Å². The number of carbonyl (C=O) groups is 1. The van der Waals surface area contributed by atoms with Gasteiger partial charge in [-0.25, -0.2) is 0 Å². The van der Waals surface area contributed by atoms with E-state index in [1.807, 2.05) is 24.3 Å². The first kappa shape index (κ1) is 16.8. The number of hydrogen-bond donors (Lipinski definition) is 2. The second-order valence-electron chi connectivity index (χ2n) is 5.54. The number of nitrogen functional groups attached to an aromatic ring is 1. The summed E-state index contributed by atoms with van der Waals surface area (Å²) in [7, 11) is 0. The zero-order valence-corrected chi connectivity index (χ0v) is 12.1. The molecule has 3 nitrogen and oxygen atoms in total. The highest BCUT2D eigenvalue weighted by molar-refractivity contribution is 5.85. The molecule has 0 heterocycles. The molecule has 0 aliphatic heterocycles. The van der Waals surface area contributed by atoms with Gasteiger partial charge < -0.3 is 11.1 Å². The lowest BCUT2D eigenvalue weighted by atomic mass is 9.97. The van der Waals surface area contributed by atoms with Crippen LogP contribution in [0.2, 0.25) is 0 Å². The lowest BCUT2D eigenvalue weighted by molar-refractivity contribution is -0.121. The first-order valence-electron chi connectivity index (χ1n) is 5.98. The number of carbonyl (C=O) groups excluding carboxylic acids is 1. The van der Waals surface area contributed by atoms with E-state index in [2.05, 4.69) is 26.1 Å². The maximum atomic E-state index is 11.6. The number of halogens is 1. The molecule has 0 radical (unpaired) electrons. The van der Waals surface area contributed by atoms with Crippen molar-refractivity contribution in [3.8, 4) is 0 Å². The van der Waals surface area contributed by atoms with Crippen LogP contribution in [0.5, 0.6) is 0 Å². The van der Waals surface area contributed by atoms with Gasteiger partial charge in [-0.15, -0.1) is 12.4 Å². The van der Waals surface area contributed by atoms with Gasteiger partial charge in [-0.3, -0.25) is 4.79 Å². The van der Waals surface area contributed by atoms with Gasteiger partial charge in [0.15, 0.2) is 0 Å². The number of anilines is 1. The molecule has 0 bridgehead atoms. The fraction of sp³-hybridized carbons (Fsp3) is 0.500. The number of aryl methyl sites for hydroxylation is 1. The quantitative estimate of drug-likeness (QED) is 0.827. The summed E-state index contributed by atoms with van der Waals surface area (Å²) in [6, 6.07) is 7.67. The summed E-state index contributed by atoms with van der Waals surface area (Å²) in [6.45, 7) is 7.00. The normalized spacial score (nSPS) is 10.6. The van der Waals surface area contributed by atoms with Crippen molar-refractivity contribution in [2.24, 2.45) is 5.41 Å². The minimum atomic E-state index is 0. The van der Waals surface area contributed by atoms with Gasteiger partial charge in [0.05, 0.1) is 0 Å². The maximum Gasteiger partial charge on any atom is 0.220 e. The summed E-state index contributed by atoms with van der Waals surface area (Å²) in [5.74, 6) is 0.0863. The van der Waals surface area contributed by atoms with Gasteiger partial charge >= 0.3 is 0 Å². The van der Waals surface area contributed by atoms with E-state index in [9.17, 15) is 4.79 Å². The molecule has 1 aromatic carbocycles. The third-order valence-corrected chi connectivity index (χ3v) is 2.49. The second-order valence-corrected chi connectivity index (χ2v) is 5.54. The highest BCUT2D eigenvalue weighted by Crippen LogP contribution is 2.13. The third-order valence-electron chi connectivity index (χ3n) is 2.49. The molecule has 102 valence electrons. The SMILES string of the molecule is CC(C)(C)CNC(=O)CCc1ccccc1N.Cl. The average Bonchev–Trinajstić information content (AvgIpc) is 2.24. The number of para-hydroxylation sites is 1. The van der Waals surface area contributed by atoms with E-state index < -0.39 is 0 Å². The molecule has 0 aliphatic rings. The van der Waals surface area contributed by atoms with Crippen molar-refractivity contribution < 1.29 is 4.79 Å². The van der Waals surface area contributed by atoms with Gasteiger partial charge in [0, 0.05) is 18.7 Å². The first-order valence-corrected chi connectivity index (χ1v) is 5.98. The number of hydrogen-bond acceptors (Lipinski definition) is 2. The molecule has 0 fully saturated rings. The maximum absolute atomic E-state index is 11.6. The summed E-state index contributed by atoms with van der Waals surface area (Å²) in [5, 5.41) is 2.93. The standard InChI is InChI=1S/C14H22N2O.ClH/c1-14(2,3)10-16-13(17)9-8-11-6-4-5-7-12(11)15;/h4-7H,8-10,15H2,1-3H3,(H,16,17);1H. The van der Waals surface area contributed by atoms with Gasteiger partial charge in [0.2, 0.25) is 5.91 Å². The van der Waals surface area contributed by atoms with E-state index in [4.69, 9.17) is 5.73 Å². The summed E-state index contributed by atoms with van der Waals surface area (Å²) >= 11 is 0. The Hall–Kier alpha value is -1.22. The fourth-order valence-electron chi connectivity index (χ4n) is 1.46. The van der Waals surface area contributed by atoms with Crippen molar-refractivity contribution in [1.82, 2.24) is 5.32 Å². The third kappa shape index (κ3) is 6.50. The largest absolute Gasteiger partial charge is 0.399 e.